The fraction of sp³-hybridized carbons (Fsp3) is 0.361. The Bertz CT molecular complexity index is 1710. The van der Waals surface area contributed by atoms with Gasteiger partial charge in [-0.3, -0.25) is 10.2 Å². The number of nitrogens with zero attached hydrogens (tertiary/aromatic N) is 2. The monoisotopic (exact) mass is 744 g/mol. The number of H-pyrrole nitrogens is 1. The molecule has 268 valence electrons. The first kappa shape index (κ1) is 39.0. The van der Waals surface area contributed by atoms with Gasteiger partial charge in [-0.15, -0.1) is 11.3 Å². The Hall–Kier alpha value is -3.75. The van der Waals surface area contributed by atoms with Gasteiger partial charge >= 0.3 is 11.9 Å². The van der Waals surface area contributed by atoms with E-state index < -0.39 is 18.1 Å². The molecule has 50 heavy (non-hydrogen) atoms. The number of methoxy groups -OCH3 is 2. The molecule has 1 aliphatic heterocycles. The van der Waals surface area contributed by atoms with Crippen LogP contribution in [0.3, 0.4) is 0 Å². The number of halogens is 2. The molecule has 1 saturated heterocycles. The summed E-state index contributed by atoms with van der Waals surface area (Å²) in [6, 6.07) is 17.8. The molecule has 11 nitrogen and oxygen atoms in total. The van der Waals surface area contributed by atoms with Crippen molar-refractivity contribution < 1.29 is 39.0 Å². The molecule has 0 saturated carbocycles. The second-order valence-electron chi connectivity index (χ2n) is 11.9. The van der Waals surface area contributed by atoms with E-state index in [2.05, 4.69) is 34.2 Å². The third kappa shape index (κ3) is 9.94. The van der Waals surface area contributed by atoms with Crippen LogP contribution in [0.5, 0.6) is 11.5 Å². The highest BCUT2D eigenvalue weighted by Gasteiger charge is 2.28. The third-order valence-corrected chi connectivity index (χ3v) is 10.3. The van der Waals surface area contributed by atoms with Crippen LogP contribution in [0.2, 0.25) is 10.0 Å². The van der Waals surface area contributed by atoms with Crippen molar-refractivity contribution in [1.29, 1.82) is 0 Å². The number of rotatable bonds is 14. The van der Waals surface area contributed by atoms with Gasteiger partial charge in [-0.2, -0.15) is 0 Å². The zero-order chi connectivity index (χ0) is 34.9. The van der Waals surface area contributed by atoms with Crippen LogP contribution in [-0.4, -0.2) is 87.8 Å². The summed E-state index contributed by atoms with van der Waals surface area (Å²) in [6.07, 6.45) is 2.73. The van der Waals surface area contributed by atoms with E-state index in [-0.39, 0.29) is 23.9 Å². The number of nitrogens with one attached hydrogen (secondary N) is 2. The number of carbonyl (C=O) groups is 2. The number of hydrogen-bond acceptors (Lipinski definition) is 11. The molecule has 4 aromatic rings. The van der Waals surface area contributed by atoms with E-state index in [9.17, 15) is 9.59 Å². The van der Waals surface area contributed by atoms with E-state index >= 15 is 0 Å². The van der Waals surface area contributed by atoms with Crippen LogP contribution in [0.25, 0.3) is 0 Å². The number of piperazine rings is 1. The molecule has 1 unspecified atom stereocenters. The Kier molecular flexibility index (Phi) is 14.4. The van der Waals surface area contributed by atoms with Crippen LogP contribution in [0.4, 0.5) is 0 Å². The van der Waals surface area contributed by atoms with Crippen LogP contribution in [0.15, 0.2) is 73.1 Å². The molecule has 14 heteroatoms. The van der Waals surface area contributed by atoms with Crippen LogP contribution < -0.4 is 19.8 Å². The predicted molar refractivity (Wildman–Crippen MR) is 192 cm³/mol. The fourth-order valence-electron chi connectivity index (χ4n) is 5.64. The molecule has 0 radical (unpaired) electrons. The second kappa shape index (κ2) is 18.5. The van der Waals surface area contributed by atoms with Crippen molar-refractivity contribution in [2.75, 3.05) is 54.6 Å². The van der Waals surface area contributed by atoms with Gasteiger partial charge in [0.15, 0.2) is 23.9 Å². The molecule has 0 spiro atoms. The highest BCUT2D eigenvalue weighted by atomic mass is 35.5. The lowest BCUT2D eigenvalue weighted by atomic mass is 10.0. The Balaban J connectivity index is 0.00000562. The maximum Gasteiger partial charge on any atom is 0.348 e. The number of benzene rings is 2. The molecule has 1 aliphatic rings. The van der Waals surface area contributed by atoms with Crippen LogP contribution >= 0.6 is 34.5 Å². The number of ether oxygens (including phenoxy) is 4. The molecule has 0 amide bonds. The first-order chi connectivity index (χ1) is 23.7. The van der Waals surface area contributed by atoms with Crippen molar-refractivity contribution >= 4 is 46.5 Å². The van der Waals surface area contributed by atoms with E-state index in [1.165, 1.54) is 11.3 Å². The molecule has 2 aromatic carbocycles. The van der Waals surface area contributed by atoms with Crippen molar-refractivity contribution in [3.63, 3.8) is 0 Å². The van der Waals surface area contributed by atoms with Gasteiger partial charge in [0.1, 0.15) is 33.7 Å². The van der Waals surface area contributed by atoms with E-state index in [4.69, 9.17) is 42.1 Å². The molecule has 0 aliphatic carbocycles. The van der Waals surface area contributed by atoms with Crippen molar-refractivity contribution in [2.45, 2.75) is 31.2 Å². The molecule has 5 rings (SSSR count). The third-order valence-electron chi connectivity index (χ3n) is 8.52. The summed E-state index contributed by atoms with van der Waals surface area (Å²) in [7, 11) is 7.22. The van der Waals surface area contributed by atoms with Gasteiger partial charge in [-0.25, -0.2) is 14.6 Å². The average Bonchev–Trinajstić information content (AvgIpc) is 3.59. The van der Waals surface area contributed by atoms with Gasteiger partial charge < -0.3 is 29.3 Å². The predicted octanol–water partition coefficient (Wildman–Crippen LogP) is 5.47. The summed E-state index contributed by atoms with van der Waals surface area (Å²) >= 11 is 14.2. The minimum Gasteiger partial charge on any atom is -0.870 e. The summed E-state index contributed by atoms with van der Waals surface area (Å²) < 4.78 is 22.9. The first-order valence-corrected chi connectivity index (χ1v) is 17.4. The van der Waals surface area contributed by atoms with Gasteiger partial charge in [-0.1, -0.05) is 59.6 Å². The van der Waals surface area contributed by atoms with Crippen LogP contribution in [-0.2, 0) is 27.2 Å². The highest BCUT2D eigenvalue weighted by Crippen LogP contribution is 2.36. The number of carbonyl (C=O) groups excluding carboxylic acids is 2. The quantitative estimate of drug-likeness (QED) is 0.166. The van der Waals surface area contributed by atoms with E-state index in [1.807, 2.05) is 42.5 Å². The lowest BCUT2D eigenvalue weighted by Crippen LogP contribution is -2.52. The van der Waals surface area contributed by atoms with Gasteiger partial charge in [0.05, 0.1) is 20.3 Å². The summed E-state index contributed by atoms with van der Waals surface area (Å²) in [4.78, 5) is 35.6. The van der Waals surface area contributed by atoms with Gasteiger partial charge in [0.2, 0.25) is 0 Å². The zero-order valence-electron chi connectivity index (χ0n) is 28.4. The van der Waals surface area contributed by atoms with Gasteiger partial charge in [-0.05, 0) is 49.5 Å². The van der Waals surface area contributed by atoms with E-state index in [0.29, 0.717) is 50.7 Å². The van der Waals surface area contributed by atoms with Crippen molar-refractivity contribution in [3.05, 3.63) is 110 Å². The lowest BCUT2D eigenvalue weighted by Gasteiger charge is -2.37. The van der Waals surface area contributed by atoms with Crippen molar-refractivity contribution in [2.24, 2.45) is 0 Å². The van der Waals surface area contributed by atoms with Gasteiger partial charge in [0.25, 0.3) is 0 Å². The minimum atomic E-state index is -0.742. The van der Waals surface area contributed by atoms with Crippen molar-refractivity contribution in [1.82, 2.24) is 15.1 Å². The van der Waals surface area contributed by atoms with Crippen molar-refractivity contribution in [3.8, 4) is 11.5 Å². The van der Waals surface area contributed by atoms with Crippen LogP contribution in [0, 0.1) is 0 Å². The summed E-state index contributed by atoms with van der Waals surface area (Å²) in [6.45, 7) is 3.38. The van der Waals surface area contributed by atoms with E-state index in [0.717, 1.165) is 30.1 Å². The largest absolute Gasteiger partial charge is 0.870 e. The smallest absolute Gasteiger partial charge is 0.348 e. The molecule has 0 bridgehead atoms. The summed E-state index contributed by atoms with van der Waals surface area (Å²) in [5.41, 5.74) is 2.11. The molecule has 3 atom stereocenters. The number of aromatic amines is 1. The molecular formula is C36H42Cl2N4O7S. The first-order valence-electron chi connectivity index (χ1n) is 15.9. The number of likely N-dealkylation sites (N-methyl/N-ethyl adjacent to an activating group) is 2. The number of pyridine rings is 1. The standard InChI is InChI=1S/C36H40Cl2N4O6S.H2O/c1-41-14-15-42(2)25(21-41)22-47-36(44)34(23-8-6-5-7-9-23)40-18-26-11-13-33(49-26)35(43)48-31(17-27-28(37)19-39-20-29(27)38)24-10-12-30(45-3)32(16-24)46-4;/h5-13,16,19-20,25,31,34,40H,14-15,17-18,21-22H2,1-4H3;1H2/t25-,31+,34?;/m1./s1. The number of thiophene rings is 1. The van der Waals surface area contributed by atoms with Gasteiger partial charge in [0, 0.05) is 43.0 Å². The zero-order valence-corrected chi connectivity index (χ0v) is 30.7. The second-order valence-corrected chi connectivity index (χ2v) is 13.8. The Labute approximate surface area is 306 Å². The number of hydrogen-bond donors (Lipinski definition) is 1. The topological polar surface area (TPSA) is 134 Å². The molecule has 3 N–H and O–H groups in total. The summed E-state index contributed by atoms with van der Waals surface area (Å²) in [5.74, 6) is 0.182. The lowest BCUT2D eigenvalue weighted by molar-refractivity contribution is -0.377. The minimum absolute atomic E-state index is 0. The molecule has 2 aromatic heterocycles. The normalized spacial score (nSPS) is 16.2. The van der Waals surface area contributed by atoms with Crippen LogP contribution in [0.1, 0.15) is 43.4 Å². The summed E-state index contributed by atoms with van der Waals surface area (Å²) in [5, 5.41) is 4.19. The fourth-order valence-corrected chi connectivity index (χ4v) is 7.01. The molecule has 3 heterocycles. The average molecular weight is 746 g/mol. The SMILES string of the molecule is COc1ccc([C@H](Cc2c(Cl)c[nH+]cc2Cl)OC(=O)c2ccc(CNC(C(=O)OC[C@H]3CN(C)CCN3C)c3ccccc3)s2)cc1OC.[OH-]. The highest BCUT2D eigenvalue weighted by molar-refractivity contribution is 7.13. The molecular weight excluding hydrogens is 703 g/mol. The number of aromatic nitrogens is 1. The number of esters is 2. The van der Waals surface area contributed by atoms with E-state index in [1.54, 1.807) is 44.8 Å². The Morgan fingerprint density at radius 1 is 0.960 bits per heavy atom. The maximum atomic E-state index is 13.6. The molecule has 1 fully saturated rings. The Morgan fingerprint density at radius 3 is 2.38 bits per heavy atom. The Morgan fingerprint density at radius 2 is 1.68 bits per heavy atom. The maximum absolute atomic E-state index is 13.6.